The lowest BCUT2D eigenvalue weighted by atomic mass is 9.76. The molecule has 1 spiro atoms. The van der Waals surface area contributed by atoms with Crippen LogP contribution in [0.25, 0.3) is 5.69 Å². The number of halogens is 4. The summed E-state index contributed by atoms with van der Waals surface area (Å²) in [6, 6.07) is 6.65. The molecule has 2 atom stereocenters. The van der Waals surface area contributed by atoms with Crippen molar-refractivity contribution in [2.45, 2.75) is 44.5 Å². The maximum atomic E-state index is 14.3. The van der Waals surface area contributed by atoms with Gasteiger partial charge in [0, 0.05) is 42.5 Å². The van der Waals surface area contributed by atoms with Gasteiger partial charge in [0.05, 0.1) is 17.6 Å². The van der Waals surface area contributed by atoms with Crippen LogP contribution >= 0.6 is 11.6 Å². The first-order valence-corrected chi connectivity index (χ1v) is 12.5. The molecule has 3 aromatic rings. The van der Waals surface area contributed by atoms with Crippen molar-refractivity contribution in [2.24, 2.45) is 5.41 Å². The number of carboxylic acid groups (broad SMARTS) is 1. The molecule has 0 bridgehead atoms. The molecule has 0 amide bonds. The molecule has 0 aliphatic carbocycles. The number of piperidine rings is 1. The van der Waals surface area contributed by atoms with Crippen LogP contribution in [-0.2, 0) is 4.79 Å². The number of aliphatic carboxylic acids is 1. The summed E-state index contributed by atoms with van der Waals surface area (Å²) in [5.41, 5.74) is 0.531. The summed E-state index contributed by atoms with van der Waals surface area (Å²) < 4.78 is 49.8. The number of hydrogen-bond donors (Lipinski definition) is 2. The van der Waals surface area contributed by atoms with E-state index in [1.807, 2.05) is 4.90 Å². The Kier molecular flexibility index (Phi) is 6.95. The van der Waals surface area contributed by atoms with Gasteiger partial charge in [0.2, 0.25) is 6.10 Å². The monoisotopic (exact) mass is 550 g/mol. The maximum Gasteiger partial charge on any atom is 0.429 e. The van der Waals surface area contributed by atoms with Crippen molar-refractivity contribution in [1.82, 2.24) is 25.3 Å². The summed E-state index contributed by atoms with van der Waals surface area (Å²) in [4.78, 5) is 13.3. The SMILES string of the molecule is Cc1ccn(-c2cc(Cl)ccc2[C@@H](Oc2cnnc(N3CCC4(CC3)CNC(C(=O)O)C4)c2)C(F)(F)F)n1. The minimum atomic E-state index is -4.75. The number of benzene rings is 1. The molecule has 4 heterocycles. The number of alkyl halides is 3. The number of rotatable bonds is 6. The molecular weight excluding hydrogens is 525 g/mol. The molecule has 13 heteroatoms. The third-order valence-electron chi connectivity index (χ3n) is 7.22. The van der Waals surface area contributed by atoms with Crippen LogP contribution in [-0.4, -0.2) is 62.9 Å². The van der Waals surface area contributed by atoms with Crippen LogP contribution in [0.5, 0.6) is 5.75 Å². The van der Waals surface area contributed by atoms with Gasteiger partial charge in [0.1, 0.15) is 11.8 Å². The van der Waals surface area contributed by atoms with Crippen molar-refractivity contribution in [3.05, 3.63) is 59.0 Å². The highest BCUT2D eigenvalue weighted by molar-refractivity contribution is 6.30. The second-order valence-corrected chi connectivity index (χ2v) is 10.3. The van der Waals surface area contributed by atoms with E-state index in [-0.39, 0.29) is 27.4 Å². The van der Waals surface area contributed by atoms with Gasteiger partial charge >= 0.3 is 12.1 Å². The van der Waals surface area contributed by atoms with Crippen LogP contribution in [0.2, 0.25) is 5.02 Å². The Morgan fingerprint density at radius 1 is 1.26 bits per heavy atom. The number of carboxylic acids is 1. The molecule has 2 aliphatic rings. The minimum absolute atomic E-state index is 0.0800. The highest BCUT2D eigenvalue weighted by Crippen LogP contribution is 2.42. The van der Waals surface area contributed by atoms with Crippen LogP contribution < -0.4 is 15.0 Å². The van der Waals surface area contributed by atoms with Crippen molar-refractivity contribution in [1.29, 1.82) is 0 Å². The van der Waals surface area contributed by atoms with E-state index in [9.17, 15) is 23.1 Å². The molecule has 5 rings (SSSR count). The van der Waals surface area contributed by atoms with Gasteiger partial charge in [0.25, 0.3) is 0 Å². The number of nitrogens with one attached hydrogen (secondary N) is 1. The van der Waals surface area contributed by atoms with Crippen LogP contribution in [0.1, 0.15) is 36.6 Å². The lowest BCUT2D eigenvalue weighted by Crippen LogP contribution is -2.41. The van der Waals surface area contributed by atoms with Crippen molar-refractivity contribution < 1.29 is 27.8 Å². The zero-order valence-electron chi connectivity index (χ0n) is 20.5. The van der Waals surface area contributed by atoms with E-state index in [0.29, 0.717) is 37.6 Å². The number of ether oxygens (including phenoxy) is 1. The molecule has 38 heavy (non-hydrogen) atoms. The molecule has 1 aromatic carbocycles. The normalized spacial score (nSPS) is 20.0. The number of nitrogens with zero attached hydrogens (tertiary/aromatic N) is 5. The molecule has 1 unspecified atom stereocenters. The van der Waals surface area contributed by atoms with Gasteiger partial charge in [-0.1, -0.05) is 17.7 Å². The Morgan fingerprint density at radius 3 is 2.66 bits per heavy atom. The predicted octanol–water partition coefficient (Wildman–Crippen LogP) is 4.34. The molecular formula is C25H26ClF3N6O3. The fraction of sp³-hybridized carbons (Fsp3) is 0.440. The Bertz CT molecular complexity index is 1330. The van der Waals surface area contributed by atoms with Gasteiger partial charge in [0.15, 0.2) is 5.82 Å². The fourth-order valence-corrected chi connectivity index (χ4v) is 5.34. The van der Waals surface area contributed by atoms with E-state index in [1.165, 1.54) is 28.9 Å². The molecule has 0 radical (unpaired) electrons. The number of hydrogen-bond acceptors (Lipinski definition) is 7. The van der Waals surface area contributed by atoms with Gasteiger partial charge in [-0.05, 0) is 49.8 Å². The largest absolute Gasteiger partial charge is 0.480 e. The van der Waals surface area contributed by atoms with Gasteiger partial charge < -0.3 is 20.1 Å². The lowest BCUT2D eigenvalue weighted by Gasteiger charge is -2.39. The molecule has 2 aromatic heterocycles. The van der Waals surface area contributed by atoms with Gasteiger partial charge in [-0.3, -0.25) is 4.79 Å². The van der Waals surface area contributed by atoms with Crippen molar-refractivity contribution in [3.8, 4) is 11.4 Å². The molecule has 202 valence electrons. The lowest BCUT2D eigenvalue weighted by molar-refractivity contribution is -0.198. The van der Waals surface area contributed by atoms with Gasteiger partial charge in [-0.15, -0.1) is 5.10 Å². The van der Waals surface area contributed by atoms with Gasteiger partial charge in [-0.2, -0.15) is 23.4 Å². The summed E-state index contributed by atoms with van der Waals surface area (Å²) in [5.74, 6) is -0.535. The summed E-state index contributed by atoms with van der Waals surface area (Å²) in [7, 11) is 0. The first-order chi connectivity index (χ1) is 18.0. The molecule has 2 aliphatic heterocycles. The van der Waals surface area contributed by atoms with Crippen molar-refractivity contribution in [3.63, 3.8) is 0 Å². The second kappa shape index (κ2) is 10.1. The summed E-state index contributed by atoms with van der Waals surface area (Å²) >= 11 is 6.11. The first-order valence-electron chi connectivity index (χ1n) is 12.1. The van der Waals surface area contributed by atoms with E-state index in [2.05, 4.69) is 20.6 Å². The third kappa shape index (κ3) is 5.41. The third-order valence-corrected chi connectivity index (χ3v) is 7.45. The summed E-state index contributed by atoms with van der Waals surface area (Å²) in [5, 5.41) is 24.9. The molecule has 2 N–H and O–H groups in total. The number of carbonyl (C=O) groups is 1. The Labute approximate surface area is 221 Å². The Morgan fingerprint density at radius 2 is 2.03 bits per heavy atom. The zero-order valence-corrected chi connectivity index (χ0v) is 21.2. The van der Waals surface area contributed by atoms with E-state index < -0.39 is 24.3 Å². The van der Waals surface area contributed by atoms with E-state index in [0.717, 1.165) is 19.0 Å². The Balaban J connectivity index is 1.37. The van der Waals surface area contributed by atoms with Crippen LogP contribution in [0.15, 0.2) is 42.7 Å². The standard InChI is InChI=1S/C25H26ClF3N6O3/c1-15-4-7-35(33-15)20-10-16(26)2-3-18(20)22(25(27,28)29)38-17-11-21(32-31-13-17)34-8-5-24(6-9-34)12-19(23(36)37)30-14-24/h2-4,7,10-11,13,19,22,30H,5-6,8-9,12,14H2,1H3,(H,36,37)/t19?,22-/m1/s1. The van der Waals surface area contributed by atoms with Crippen molar-refractivity contribution >= 4 is 23.4 Å². The van der Waals surface area contributed by atoms with Gasteiger partial charge in [-0.25, -0.2) is 4.68 Å². The second-order valence-electron chi connectivity index (χ2n) is 9.86. The van der Waals surface area contributed by atoms with Crippen LogP contribution in [0.4, 0.5) is 19.0 Å². The van der Waals surface area contributed by atoms with Crippen LogP contribution in [0, 0.1) is 12.3 Å². The quantitative estimate of drug-likeness (QED) is 0.467. The maximum absolute atomic E-state index is 14.3. The van der Waals surface area contributed by atoms with E-state index >= 15 is 0 Å². The minimum Gasteiger partial charge on any atom is -0.480 e. The molecule has 0 saturated carbocycles. The van der Waals surface area contributed by atoms with E-state index in [4.69, 9.17) is 16.3 Å². The predicted molar refractivity (Wildman–Crippen MR) is 133 cm³/mol. The number of anilines is 1. The number of aryl methyl sites for hydroxylation is 1. The van der Waals surface area contributed by atoms with Crippen LogP contribution in [0.3, 0.4) is 0 Å². The molecule has 2 saturated heterocycles. The summed E-state index contributed by atoms with van der Waals surface area (Å²) in [6.07, 6.45) is -2.32. The Hall–Kier alpha value is -3.38. The zero-order chi connectivity index (χ0) is 27.1. The number of aromatic nitrogens is 4. The average Bonchev–Trinajstić information content (AvgIpc) is 3.49. The smallest absolute Gasteiger partial charge is 0.429 e. The summed E-state index contributed by atoms with van der Waals surface area (Å²) in [6.45, 7) is 3.52. The van der Waals surface area contributed by atoms with Crippen molar-refractivity contribution in [2.75, 3.05) is 24.5 Å². The topological polar surface area (TPSA) is 105 Å². The molecule has 2 fully saturated rings. The molecule has 9 nitrogen and oxygen atoms in total. The fourth-order valence-electron chi connectivity index (χ4n) is 5.17. The average molecular weight is 551 g/mol. The first kappa shape index (κ1) is 26.2. The highest BCUT2D eigenvalue weighted by Gasteiger charge is 2.46. The highest BCUT2D eigenvalue weighted by atomic mass is 35.5. The van der Waals surface area contributed by atoms with E-state index in [1.54, 1.807) is 19.2 Å².